The predicted octanol–water partition coefficient (Wildman–Crippen LogP) is 3.65. The molecule has 0 spiro atoms. The van der Waals surface area contributed by atoms with Crippen LogP contribution < -0.4 is 9.47 Å². The van der Waals surface area contributed by atoms with Gasteiger partial charge in [0.15, 0.2) is 11.5 Å². The van der Waals surface area contributed by atoms with Gasteiger partial charge in [0.25, 0.3) is 5.69 Å². The lowest BCUT2D eigenvalue weighted by molar-refractivity contribution is -0.385. The van der Waals surface area contributed by atoms with E-state index in [2.05, 4.69) is 29.8 Å². The minimum atomic E-state index is -0.448. The summed E-state index contributed by atoms with van der Waals surface area (Å²) in [4.78, 5) is 10.3. The molecule has 0 aliphatic rings. The third-order valence-electron chi connectivity index (χ3n) is 2.95. The van der Waals surface area contributed by atoms with Gasteiger partial charge in [0, 0.05) is 17.3 Å². The van der Waals surface area contributed by atoms with E-state index in [0.717, 1.165) is 5.33 Å². The molecule has 0 radical (unpaired) electrons. The normalized spacial score (nSPS) is 12.3. The summed E-state index contributed by atoms with van der Waals surface area (Å²) in [5, 5.41) is 11.6. The number of rotatable bonds is 7. The van der Waals surface area contributed by atoms with Crippen LogP contribution >= 0.6 is 15.9 Å². The second-order valence-corrected chi connectivity index (χ2v) is 5.21. The Kier molecular flexibility index (Phi) is 6.08. The van der Waals surface area contributed by atoms with E-state index in [1.807, 2.05) is 0 Å². The van der Waals surface area contributed by atoms with Gasteiger partial charge in [-0.2, -0.15) is 0 Å². The average molecular weight is 332 g/mol. The molecule has 0 heterocycles. The van der Waals surface area contributed by atoms with Gasteiger partial charge in [-0.25, -0.2) is 0 Å². The molecular weight excluding hydrogens is 314 g/mol. The minimum absolute atomic E-state index is 0.00395. The van der Waals surface area contributed by atoms with Crippen molar-refractivity contribution < 1.29 is 14.4 Å². The zero-order valence-electron chi connectivity index (χ0n) is 11.3. The lowest BCUT2D eigenvalue weighted by atomic mass is 9.99. The first kappa shape index (κ1) is 15.8. The van der Waals surface area contributed by atoms with Crippen LogP contribution in [0.1, 0.15) is 13.8 Å². The van der Waals surface area contributed by atoms with Gasteiger partial charge in [-0.1, -0.05) is 29.8 Å². The molecule has 0 saturated carbocycles. The molecule has 0 aliphatic heterocycles. The van der Waals surface area contributed by atoms with Crippen molar-refractivity contribution in [1.29, 1.82) is 0 Å². The molecule has 19 heavy (non-hydrogen) atoms. The second kappa shape index (κ2) is 7.33. The highest BCUT2D eigenvalue weighted by atomic mass is 79.9. The number of methoxy groups -OCH3 is 1. The van der Waals surface area contributed by atoms with Crippen molar-refractivity contribution in [3.05, 3.63) is 28.3 Å². The number of nitro benzene ring substituents is 1. The molecule has 0 saturated heterocycles. The quantitative estimate of drug-likeness (QED) is 0.434. The summed E-state index contributed by atoms with van der Waals surface area (Å²) in [6, 6.07) is 4.34. The number of non-ortho nitro benzene ring substituents is 1. The summed E-state index contributed by atoms with van der Waals surface area (Å²) in [6.07, 6.45) is 0. The van der Waals surface area contributed by atoms with Crippen LogP contribution in [0.15, 0.2) is 18.2 Å². The van der Waals surface area contributed by atoms with E-state index >= 15 is 0 Å². The fourth-order valence-corrected chi connectivity index (χ4v) is 2.44. The van der Waals surface area contributed by atoms with Crippen LogP contribution in [0.5, 0.6) is 11.5 Å². The molecule has 1 rings (SSSR count). The molecule has 0 bridgehead atoms. The number of alkyl halides is 1. The smallest absolute Gasteiger partial charge is 0.273 e. The van der Waals surface area contributed by atoms with E-state index in [1.165, 1.54) is 19.2 Å². The summed E-state index contributed by atoms with van der Waals surface area (Å²) in [5.74, 6) is 1.71. The lowest BCUT2D eigenvalue weighted by Crippen LogP contribution is -2.19. The Morgan fingerprint density at radius 3 is 2.53 bits per heavy atom. The highest BCUT2D eigenvalue weighted by Gasteiger charge is 2.16. The maximum absolute atomic E-state index is 10.8. The van der Waals surface area contributed by atoms with E-state index < -0.39 is 4.92 Å². The van der Waals surface area contributed by atoms with Crippen LogP contribution in [-0.2, 0) is 0 Å². The zero-order valence-corrected chi connectivity index (χ0v) is 12.8. The summed E-state index contributed by atoms with van der Waals surface area (Å²) in [5.41, 5.74) is -0.00395. The molecule has 1 aromatic rings. The van der Waals surface area contributed by atoms with Gasteiger partial charge in [-0.15, -0.1) is 0 Å². The largest absolute Gasteiger partial charge is 0.493 e. The predicted molar refractivity (Wildman–Crippen MR) is 77.3 cm³/mol. The standard InChI is InChI=1S/C13H18BrNO4/c1-9(2)10(7-14)8-19-13-6-11(15(16)17)4-5-12(13)18-3/h4-6,9-10H,7-8H2,1-3H3. The number of ether oxygens (including phenoxy) is 2. The molecule has 1 unspecified atom stereocenters. The Morgan fingerprint density at radius 2 is 2.05 bits per heavy atom. The van der Waals surface area contributed by atoms with Crippen molar-refractivity contribution in [2.45, 2.75) is 13.8 Å². The topological polar surface area (TPSA) is 61.6 Å². The third-order valence-corrected chi connectivity index (χ3v) is 3.78. The van der Waals surface area contributed by atoms with E-state index in [-0.39, 0.29) is 5.69 Å². The molecule has 106 valence electrons. The molecule has 1 atom stereocenters. The van der Waals surface area contributed by atoms with Crippen molar-refractivity contribution in [2.24, 2.45) is 11.8 Å². The van der Waals surface area contributed by atoms with Crippen molar-refractivity contribution >= 4 is 21.6 Å². The SMILES string of the molecule is COc1ccc([N+](=O)[O-])cc1OCC(CBr)C(C)C. The van der Waals surface area contributed by atoms with E-state index in [1.54, 1.807) is 6.07 Å². The van der Waals surface area contributed by atoms with Gasteiger partial charge in [0.2, 0.25) is 0 Å². The second-order valence-electron chi connectivity index (χ2n) is 4.56. The van der Waals surface area contributed by atoms with E-state index in [0.29, 0.717) is 29.9 Å². The molecule has 1 aromatic carbocycles. The molecule has 0 amide bonds. The lowest BCUT2D eigenvalue weighted by Gasteiger charge is -2.19. The van der Waals surface area contributed by atoms with Crippen LogP contribution in [0.2, 0.25) is 0 Å². The molecular formula is C13H18BrNO4. The van der Waals surface area contributed by atoms with Gasteiger partial charge in [0.05, 0.1) is 24.7 Å². The molecule has 0 aliphatic carbocycles. The Morgan fingerprint density at radius 1 is 1.37 bits per heavy atom. The number of hydrogen-bond acceptors (Lipinski definition) is 4. The summed E-state index contributed by atoms with van der Waals surface area (Å²) >= 11 is 3.44. The van der Waals surface area contributed by atoms with Gasteiger partial charge >= 0.3 is 0 Å². The Balaban J connectivity index is 2.85. The number of nitrogens with zero attached hydrogens (tertiary/aromatic N) is 1. The van der Waals surface area contributed by atoms with E-state index in [4.69, 9.17) is 9.47 Å². The minimum Gasteiger partial charge on any atom is -0.493 e. The van der Waals surface area contributed by atoms with Gasteiger partial charge in [-0.3, -0.25) is 10.1 Å². The number of halogens is 1. The van der Waals surface area contributed by atoms with Crippen LogP contribution in [0.3, 0.4) is 0 Å². The van der Waals surface area contributed by atoms with Crippen molar-refractivity contribution in [1.82, 2.24) is 0 Å². The maximum Gasteiger partial charge on any atom is 0.273 e. The average Bonchev–Trinajstić information content (AvgIpc) is 2.38. The zero-order chi connectivity index (χ0) is 14.4. The first-order chi connectivity index (χ1) is 8.99. The molecule has 5 nitrogen and oxygen atoms in total. The van der Waals surface area contributed by atoms with Crippen molar-refractivity contribution in [2.75, 3.05) is 19.0 Å². The maximum atomic E-state index is 10.8. The van der Waals surface area contributed by atoms with Gasteiger partial charge in [0.1, 0.15) is 0 Å². The number of benzene rings is 1. The first-order valence-corrected chi connectivity index (χ1v) is 7.13. The van der Waals surface area contributed by atoms with Crippen LogP contribution in [0.25, 0.3) is 0 Å². The van der Waals surface area contributed by atoms with Gasteiger partial charge in [-0.05, 0) is 12.0 Å². The summed E-state index contributed by atoms with van der Waals surface area (Å²) in [7, 11) is 1.51. The molecule has 0 aromatic heterocycles. The Labute approximate surface area is 121 Å². The summed E-state index contributed by atoms with van der Waals surface area (Å²) in [6.45, 7) is 4.71. The molecule has 0 fully saturated rings. The molecule has 0 N–H and O–H groups in total. The highest BCUT2D eigenvalue weighted by Crippen LogP contribution is 2.31. The Hall–Kier alpha value is -1.30. The van der Waals surface area contributed by atoms with Gasteiger partial charge < -0.3 is 9.47 Å². The number of nitro groups is 1. The van der Waals surface area contributed by atoms with E-state index in [9.17, 15) is 10.1 Å². The van der Waals surface area contributed by atoms with Crippen LogP contribution in [0, 0.1) is 22.0 Å². The molecule has 6 heteroatoms. The Bertz CT molecular complexity index is 437. The number of hydrogen-bond donors (Lipinski definition) is 0. The van der Waals surface area contributed by atoms with Crippen molar-refractivity contribution in [3.8, 4) is 11.5 Å². The summed E-state index contributed by atoms with van der Waals surface area (Å²) < 4.78 is 10.8. The monoisotopic (exact) mass is 331 g/mol. The van der Waals surface area contributed by atoms with Crippen LogP contribution in [-0.4, -0.2) is 24.0 Å². The fraction of sp³-hybridized carbons (Fsp3) is 0.538. The third kappa shape index (κ3) is 4.38. The van der Waals surface area contributed by atoms with Crippen molar-refractivity contribution in [3.63, 3.8) is 0 Å². The highest BCUT2D eigenvalue weighted by molar-refractivity contribution is 9.09. The van der Waals surface area contributed by atoms with Crippen LogP contribution in [0.4, 0.5) is 5.69 Å². The fourth-order valence-electron chi connectivity index (χ4n) is 1.50. The first-order valence-electron chi connectivity index (χ1n) is 6.00.